The fourth-order valence-electron chi connectivity index (χ4n) is 3.94. The minimum Gasteiger partial charge on any atom is -0.307 e. The van der Waals surface area contributed by atoms with Crippen molar-refractivity contribution >= 4 is 11.6 Å². The molecule has 2 aromatic rings. The van der Waals surface area contributed by atoms with E-state index in [1.807, 2.05) is 23.1 Å². The van der Waals surface area contributed by atoms with Crippen LogP contribution in [0.4, 0.5) is 5.69 Å². The maximum atomic E-state index is 12.8. The monoisotopic (exact) mass is 278 g/mol. The Balaban J connectivity index is 1.77. The molecule has 3 heteroatoms. The van der Waals surface area contributed by atoms with Crippen LogP contribution in [0.2, 0.25) is 0 Å². The van der Waals surface area contributed by atoms with Crippen molar-refractivity contribution in [3.63, 3.8) is 0 Å². The number of carbonyl (C=O) groups is 1. The topological polar surface area (TPSA) is 33.2 Å². The highest BCUT2D eigenvalue weighted by Gasteiger charge is 2.46. The number of hydrogen-bond acceptors (Lipinski definition) is 2. The number of benzene rings is 1. The maximum Gasteiger partial charge on any atom is 0.259 e. The number of amides is 1. The molecule has 0 saturated heterocycles. The average molecular weight is 278 g/mol. The van der Waals surface area contributed by atoms with Crippen LogP contribution in [-0.4, -0.2) is 17.4 Å². The number of anilines is 1. The third-order valence-corrected chi connectivity index (χ3v) is 4.94. The average Bonchev–Trinajstić information content (AvgIpc) is 3.15. The Hall–Kier alpha value is -2.16. The van der Waals surface area contributed by atoms with E-state index in [1.54, 1.807) is 12.4 Å². The SMILES string of the molecule is O=C(c1cccnc1)N1CC2(CCCC2)c2ccccc21. The molecule has 4 rings (SSSR count). The van der Waals surface area contributed by atoms with E-state index >= 15 is 0 Å². The lowest BCUT2D eigenvalue weighted by Gasteiger charge is -2.24. The Labute approximate surface area is 124 Å². The first-order valence-electron chi connectivity index (χ1n) is 7.62. The van der Waals surface area contributed by atoms with Crippen molar-refractivity contribution < 1.29 is 4.79 Å². The number of nitrogens with zero attached hydrogens (tertiary/aromatic N) is 2. The predicted molar refractivity (Wildman–Crippen MR) is 82.5 cm³/mol. The van der Waals surface area contributed by atoms with E-state index in [0.717, 1.165) is 12.2 Å². The lowest BCUT2D eigenvalue weighted by atomic mass is 9.81. The smallest absolute Gasteiger partial charge is 0.259 e. The number of aromatic nitrogens is 1. The van der Waals surface area contributed by atoms with Gasteiger partial charge in [-0.05, 0) is 36.6 Å². The molecule has 1 spiro atoms. The number of carbonyl (C=O) groups excluding carboxylic acids is 1. The highest BCUT2D eigenvalue weighted by atomic mass is 16.2. The molecule has 0 radical (unpaired) electrons. The van der Waals surface area contributed by atoms with Gasteiger partial charge in [-0.1, -0.05) is 31.0 Å². The van der Waals surface area contributed by atoms with Crippen molar-refractivity contribution in [2.45, 2.75) is 31.1 Å². The lowest BCUT2D eigenvalue weighted by molar-refractivity contribution is 0.0984. The molecule has 1 aromatic heterocycles. The maximum absolute atomic E-state index is 12.8. The van der Waals surface area contributed by atoms with Gasteiger partial charge in [-0.2, -0.15) is 0 Å². The first kappa shape index (κ1) is 12.6. The van der Waals surface area contributed by atoms with Gasteiger partial charge < -0.3 is 4.90 Å². The standard InChI is InChI=1S/C18H18N2O/c21-17(14-6-5-11-19-12-14)20-13-18(9-3-4-10-18)15-7-1-2-8-16(15)20/h1-2,5-8,11-12H,3-4,9-10,13H2. The molecule has 106 valence electrons. The molecule has 0 bridgehead atoms. The van der Waals surface area contributed by atoms with Crippen LogP contribution < -0.4 is 4.90 Å². The van der Waals surface area contributed by atoms with E-state index in [0.29, 0.717) is 5.56 Å². The fraction of sp³-hybridized carbons (Fsp3) is 0.333. The van der Waals surface area contributed by atoms with E-state index in [2.05, 4.69) is 23.2 Å². The molecule has 0 N–H and O–H groups in total. The second-order valence-electron chi connectivity index (χ2n) is 6.14. The van der Waals surface area contributed by atoms with Crippen molar-refractivity contribution in [1.82, 2.24) is 4.98 Å². The van der Waals surface area contributed by atoms with Gasteiger partial charge in [-0.15, -0.1) is 0 Å². The molecule has 3 nitrogen and oxygen atoms in total. The van der Waals surface area contributed by atoms with E-state index in [-0.39, 0.29) is 11.3 Å². The molecular formula is C18H18N2O. The number of rotatable bonds is 1. The van der Waals surface area contributed by atoms with E-state index < -0.39 is 0 Å². The van der Waals surface area contributed by atoms with Crippen LogP contribution in [0.5, 0.6) is 0 Å². The molecule has 1 amide bonds. The molecule has 1 aromatic carbocycles. The Morgan fingerprint density at radius 1 is 1.10 bits per heavy atom. The number of fused-ring (bicyclic) bond motifs is 2. The Morgan fingerprint density at radius 3 is 2.67 bits per heavy atom. The zero-order valence-corrected chi connectivity index (χ0v) is 12.0. The number of para-hydroxylation sites is 1. The Bertz CT molecular complexity index is 675. The minimum absolute atomic E-state index is 0.0688. The van der Waals surface area contributed by atoms with Gasteiger partial charge in [0.1, 0.15) is 0 Å². The normalized spacial score (nSPS) is 19.0. The summed E-state index contributed by atoms with van der Waals surface area (Å²) < 4.78 is 0. The van der Waals surface area contributed by atoms with Crippen LogP contribution in [0, 0.1) is 0 Å². The van der Waals surface area contributed by atoms with Crippen molar-refractivity contribution in [2.24, 2.45) is 0 Å². The molecule has 1 aliphatic heterocycles. The van der Waals surface area contributed by atoms with Gasteiger partial charge in [0, 0.05) is 30.0 Å². The molecule has 21 heavy (non-hydrogen) atoms. The van der Waals surface area contributed by atoms with Crippen molar-refractivity contribution in [2.75, 3.05) is 11.4 Å². The van der Waals surface area contributed by atoms with Crippen molar-refractivity contribution in [1.29, 1.82) is 0 Å². The van der Waals surface area contributed by atoms with Gasteiger partial charge in [0.25, 0.3) is 5.91 Å². The van der Waals surface area contributed by atoms with Crippen molar-refractivity contribution in [3.05, 3.63) is 59.9 Å². The van der Waals surface area contributed by atoms with Gasteiger partial charge in [-0.25, -0.2) is 0 Å². The predicted octanol–water partition coefficient (Wildman–Crippen LogP) is 3.55. The van der Waals surface area contributed by atoms with Crippen LogP contribution in [0.1, 0.15) is 41.6 Å². The Morgan fingerprint density at radius 2 is 1.90 bits per heavy atom. The van der Waals surface area contributed by atoms with Gasteiger partial charge >= 0.3 is 0 Å². The largest absolute Gasteiger partial charge is 0.307 e. The van der Waals surface area contributed by atoms with Crippen LogP contribution >= 0.6 is 0 Å². The molecule has 0 unspecified atom stereocenters. The first-order valence-corrected chi connectivity index (χ1v) is 7.62. The second-order valence-corrected chi connectivity index (χ2v) is 6.14. The fourth-order valence-corrected chi connectivity index (χ4v) is 3.94. The molecule has 1 fully saturated rings. The molecule has 1 aliphatic carbocycles. The van der Waals surface area contributed by atoms with Crippen molar-refractivity contribution in [3.8, 4) is 0 Å². The van der Waals surface area contributed by atoms with Crippen LogP contribution in [0.25, 0.3) is 0 Å². The second kappa shape index (κ2) is 4.69. The van der Waals surface area contributed by atoms with E-state index in [1.165, 1.54) is 31.2 Å². The summed E-state index contributed by atoms with van der Waals surface area (Å²) in [6, 6.07) is 12.1. The summed E-state index contributed by atoms with van der Waals surface area (Å²) >= 11 is 0. The summed E-state index contributed by atoms with van der Waals surface area (Å²) in [7, 11) is 0. The highest BCUT2D eigenvalue weighted by Crippen LogP contribution is 2.50. The van der Waals surface area contributed by atoms with Crippen LogP contribution in [0.15, 0.2) is 48.8 Å². The summed E-state index contributed by atoms with van der Waals surface area (Å²) in [6.07, 6.45) is 8.28. The lowest BCUT2D eigenvalue weighted by Crippen LogP contribution is -2.35. The third-order valence-electron chi connectivity index (χ3n) is 4.94. The zero-order valence-electron chi connectivity index (χ0n) is 12.0. The Kier molecular flexibility index (Phi) is 2.81. The van der Waals surface area contributed by atoms with E-state index in [9.17, 15) is 4.79 Å². The van der Waals surface area contributed by atoms with E-state index in [4.69, 9.17) is 0 Å². The zero-order chi connectivity index (χ0) is 14.3. The van der Waals surface area contributed by atoms with Gasteiger partial charge in [0.15, 0.2) is 0 Å². The molecule has 2 aliphatic rings. The summed E-state index contributed by atoms with van der Waals surface area (Å²) in [4.78, 5) is 18.9. The summed E-state index contributed by atoms with van der Waals surface area (Å²) in [6.45, 7) is 0.820. The molecular weight excluding hydrogens is 260 g/mol. The minimum atomic E-state index is 0.0688. The summed E-state index contributed by atoms with van der Waals surface area (Å²) in [5.74, 6) is 0.0688. The first-order chi connectivity index (χ1) is 10.3. The number of hydrogen-bond donors (Lipinski definition) is 0. The van der Waals surface area contributed by atoms with Gasteiger partial charge in [-0.3, -0.25) is 9.78 Å². The quantitative estimate of drug-likeness (QED) is 0.799. The number of pyridine rings is 1. The summed E-state index contributed by atoms with van der Waals surface area (Å²) in [5.41, 5.74) is 3.31. The molecule has 0 atom stereocenters. The van der Waals surface area contributed by atoms with Crippen LogP contribution in [0.3, 0.4) is 0 Å². The van der Waals surface area contributed by atoms with Gasteiger partial charge in [0.2, 0.25) is 0 Å². The van der Waals surface area contributed by atoms with Crippen LogP contribution in [-0.2, 0) is 5.41 Å². The molecule has 1 saturated carbocycles. The van der Waals surface area contributed by atoms with Gasteiger partial charge in [0.05, 0.1) is 5.56 Å². The molecule has 2 heterocycles. The third kappa shape index (κ3) is 1.88. The highest BCUT2D eigenvalue weighted by molar-refractivity contribution is 6.07. The summed E-state index contributed by atoms with van der Waals surface area (Å²) in [5, 5.41) is 0.